The third-order valence-corrected chi connectivity index (χ3v) is 4.00. The Kier molecular flexibility index (Phi) is 6.28. The molecule has 0 radical (unpaired) electrons. The molecule has 0 aromatic heterocycles. The Labute approximate surface area is 119 Å². The van der Waals surface area contributed by atoms with Crippen molar-refractivity contribution < 1.29 is 17.9 Å². The minimum Gasteiger partial charge on any atom is -0.309 e. The van der Waals surface area contributed by atoms with Crippen LogP contribution in [-0.4, -0.2) is 49.1 Å². The van der Waals surface area contributed by atoms with Crippen LogP contribution in [0.1, 0.15) is 40.5 Å². The summed E-state index contributed by atoms with van der Waals surface area (Å²) in [7, 11) is 0. The van der Waals surface area contributed by atoms with E-state index in [9.17, 15) is 13.2 Å². The molecule has 3 nitrogen and oxygen atoms in total. The van der Waals surface area contributed by atoms with E-state index in [-0.39, 0.29) is 18.2 Å². The lowest BCUT2D eigenvalue weighted by molar-refractivity contribution is -0.325. The van der Waals surface area contributed by atoms with E-state index in [2.05, 4.69) is 42.6 Å². The molecule has 0 aromatic rings. The maximum absolute atomic E-state index is 12.1. The summed E-state index contributed by atoms with van der Waals surface area (Å²) in [4.78, 5) is 2.14. The van der Waals surface area contributed by atoms with Gasteiger partial charge in [-0.2, -0.15) is 0 Å². The van der Waals surface area contributed by atoms with Gasteiger partial charge in [-0.1, -0.05) is 20.8 Å². The molecule has 6 heteroatoms. The number of hydrogen-bond donors (Lipinski definition) is 1. The Morgan fingerprint density at radius 1 is 1.40 bits per heavy atom. The van der Waals surface area contributed by atoms with E-state index in [1.54, 1.807) is 0 Å². The Morgan fingerprint density at radius 2 is 2.05 bits per heavy atom. The van der Waals surface area contributed by atoms with Gasteiger partial charge >= 0.3 is 6.36 Å². The Hall–Kier alpha value is -0.330. The molecule has 0 amide bonds. The van der Waals surface area contributed by atoms with Crippen LogP contribution >= 0.6 is 0 Å². The van der Waals surface area contributed by atoms with Crippen molar-refractivity contribution in [2.75, 3.05) is 26.2 Å². The fraction of sp³-hybridized carbons (Fsp3) is 1.00. The molecule has 20 heavy (non-hydrogen) atoms. The lowest BCUT2D eigenvalue weighted by Gasteiger charge is -2.46. The van der Waals surface area contributed by atoms with E-state index in [1.807, 2.05) is 0 Å². The van der Waals surface area contributed by atoms with Crippen molar-refractivity contribution in [2.45, 2.75) is 58.5 Å². The zero-order valence-electron chi connectivity index (χ0n) is 12.9. The number of rotatable bonds is 6. The van der Waals surface area contributed by atoms with Crippen LogP contribution in [0.5, 0.6) is 0 Å². The van der Waals surface area contributed by atoms with Gasteiger partial charge in [0.2, 0.25) is 0 Å². The molecule has 1 fully saturated rings. The predicted octanol–water partition coefficient (Wildman–Crippen LogP) is 3.01. The van der Waals surface area contributed by atoms with Crippen molar-refractivity contribution in [3.63, 3.8) is 0 Å². The maximum atomic E-state index is 12.1. The molecule has 1 saturated heterocycles. The van der Waals surface area contributed by atoms with Gasteiger partial charge in [-0.25, -0.2) is 0 Å². The van der Waals surface area contributed by atoms with Gasteiger partial charge < -0.3 is 5.32 Å². The Bertz CT molecular complexity index is 297. The zero-order chi connectivity index (χ0) is 15.4. The number of hydrogen-bond acceptors (Lipinski definition) is 3. The summed E-state index contributed by atoms with van der Waals surface area (Å²) in [6, 6.07) is 0.284. The molecule has 0 spiro atoms. The topological polar surface area (TPSA) is 24.5 Å². The lowest BCUT2D eigenvalue weighted by Crippen LogP contribution is -2.63. The van der Waals surface area contributed by atoms with E-state index in [0.717, 1.165) is 25.9 Å². The predicted molar refractivity (Wildman–Crippen MR) is 73.5 cm³/mol. The van der Waals surface area contributed by atoms with E-state index in [1.165, 1.54) is 0 Å². The van der Waals surface area contributed by atoms with Gasteiger partial charge in [-0.05, 0) is 25.7 Å². The van der Waals surface area contributed by atoms with Crippen LogP contribution in [0.4, 0.5) is 13.2 Å². The second-order valence-electron chi connectivity index (χ2n) is 6.34. The molecule has 2 atom stereocenters. The molecule has 0 aromatic carbocycles. The normalized spacial score (nSPS) is 29.1. The maximum Gasteiger partial charge on any atom is 0.522 e. The minimum atomic E-state index is -4.53. The largest absolute Gasteiger partial charge is 0.522 e. The number of nitrogens with zero attached hydrogens (tertiary/aromatic N) is 1. The summed E-state index contributed by atoms with van der Waals surface area (Å²) in [5.41, 5.74) is -0.0221. The van der Waals surface area contributed by atoms with E-state index < -0.39 is 6.36 Å². The highest BCUT2D eigenvalue weighted by molar-refractivity contribution is 4.94. The molecule has 120 valence electrons. The van der Waals surface area contributed by atoms with Gasteiger partial charge in [0.1, 0.15) is 0 Å². The molecule has 0 bridgehead atoms. The molecule has 1 N–H and O–H groups in total. The highest BCUT2D eigenvalue weighted by Gasteiger charge is 2.35. The van der Waals surface area contributed by atoms with E-state index in [0.29, 0.717) is 12.5 Å². The summed E-state index contributed by atoms with van der Waals surface area (Å²) in [5.74, 6) is 0.527. The summed E-state index contributed by atoms with van der Waals surface area (Å²) in [6.07, 6.45) is -2.59. The number of nitrogens with one attached hydrogen (secondary N) is 1. The van der Waals surface area contributed by atoms with Crippen molar-refractivity contribution in [2.24, 2.45) is 5.92 Å². The van der Waals surface area contributed by atoms with Crippen LogP contribution in [0.25, 0.3) is 0 Å². The molecule has 0 aliphatic carbocycles. The zero-order valence-corrected chi connectivity index (χ0v) is 12.9. The van der Waals surface area contributed by atoms with Crippen molar-refractivity contribution >= 4 is 0 Å². The molecule has 0 saturated carbocycles. The highest BCUT2D eigenvalue weighted by atomic mass is 19.4. The lowest BCUT2D eigenvalue weighted by atomic mass is 9.91. The SMILES string of the molecule is CCC1(C)CN(CCOC(F)(F)F)C(CC(C)C)CN1. The van der Waals surface area contributed by atoms with Gasteiger partial charge in [0.25, 0.3) is 0 Å². The number of piperazine rings is 1. The van der Waals surface area contributed by atoms with Crippen LogP contribution in [0.15, 0.2) is 0 Å². The van der Waals surface area contributed by atoms with Crippen LogP contribution in [0, 0.1) is 5.92 Å². The first-order valence-corrected chi connectivity index (χ1v) is 7.35. The third-order valence-electron chi connectivity index (χ3n) is 4.00. The number of ether oxygens (including phenoxy) is 1. The summed E-state index contributed by atoms with van der Waals surface area (Å²) in [6.45, 7) is 10.1. The van der Waals surface area contributed by atoms with Gasteiger partial charge in [-0.3, -0.25) is 9.64 Å². The van der Waals surface area contributed by atoms with Crippen LogP contribution in [0.3, 0.4) is 0 Å². The fourth-order valence-corrected chi connectivity index (χ4v) is 2.68. The van der Waals surface area contributed by atoms with Crippen LogP contribution in [-0.2, 0) is 4.74 Å². The molecule has 1 rings (SSSR count). The first-order valence-electron chi connectivity index (χ1n) is 7.35. The second kappa shape index (κ2) is 7.09. The molecular formula is C14H27F3N2O. The smallest absolute Gasteiger partial charge is 0.309 e. The molecule has 2 unspecified atom stereocenters. The van der Waals surface area contributed by atoms with Crippen LogP contribution in [0.2, 0.25) is 0 Å². The quantitative estimate of drug-likeness (QED) is 0.815. The van der Waals surface area contributed by atoms with Crippen molar-refractivity contribution in [1.29, 1.82) is 0 Å². The molecular weight excluding hydrogens is 269 g/mol. The molecule has 1 aliphatic heterocycles. The molecule has 1 heterocycles. The highest BCUT2D eigenvalue weighted by Crippen LogP contribution is 2.23. The second-order valence-corrected chi connectivity index (χ2v) is 6.34. The average Bonchev–Trinajstić information content (AvgIpc) is 2.31. The van der Waals surface area contributed by atoms with Gasteiger partial charge in [0.05, 0.1) is 6.61 Å². The fourth-order valence-electron chi connectivity index (χ4n) is 2.68. The van der Waals surface area contributed by atoms with E-state index in [4.69, 9.17) is 0 Å². The van der Waals surface area contributed by atoms with Crippen molar-refractivity contribution in [3.05, 3.63) is 0 Å². The summed E-state index contributed by atoms with van der Waals surface area (Å²) < 4.78 is 40.2. The third kappa shape index (κ3) is 5.97. The van der Waals surface area contributed by atoms with Gasteiger partial charge in [0, 0.05) is 31.2 Å². The first kappa shape index (κ1) is 17.7. The Morgan fingerprint density at radius 3 is 2.55 bits per heavy atom. The number of halogens is 3. The van der Waals surface area contributed by atoms with Crippen LogP contribution < -0.4 is 5.32 Å². The molecule has 1 aliphatic rings. The van der Waals surface area contributed by atoms with Gasteiger partial charge in [-0.15, -0.1) is 13.2 Å². The van der Waals surface area contributed by atoms with E-state index >= 15 is 0 Å². The monoisotopic (exact) mass is 296 g/mol. The standard InChI is InChI=1S/C14H27F3N2O/c1-5-13(4)10-19(6-7-20-14(15,16)17)12(9-18-13)8-11(2)3/h11-12,18H,5-10H2,1-4H3. The van der Waals surface area contributed by atoms with Gasteiger partial charge in [0.15, 0.2) is 0 Å². The summed E-state index contributed by atoms with van der Waals surface area (Å²) in [5, 5.41) is 3.53. The Balaban J connectivity index is 2.57. The minimum absolute atomic E-state index is 0.0221. The first-order chi connectivity index (χ1) is 9.15. The average molecular weight is 296 g/mol. The van der Waals surface area contributed by atoms with Crippen molar-refractivity contribution in [3.8, 4) is 0 Å². The summed E-state index contributed by atoms with van der Waals surface area (Å²) >= 11 is 0. The van der Waals surface area contributed by atoms with Crippen molar-refractivity contribution in [1.82, 2.24) is 10.2 Å². The number of alkyl halides is 3.